The Hall–Kier alpha value is -2.63. The van der Waals surface area contributed by atoms with Gasteiger partial charge in [-0.3, -0.25) is 9.55 Å². The summed E-state index contributed by atoms with van der Waals surface area (Å²) < 4.78 is 6.50. The molecular weight excluding hydrogens is 280 g/mol. The molecule has 0 saturated heterocycles. The average Bonchev–Trinajstić information content (AvgIpc) is 2.45. The normalized spacial score (nSPS) is 11.5. The van der Waals surface area contributed by atoms with Crippen molar-refractivity contribution in [1.29, 1.82) is 5.41 Å². The second kappa shape index (κ2) is 6.43. The molecule has 0 saturated carbocycles. The van der Waals surface area contributed by atoms with E-state index < -0.39 is 0 Å². The van der Waals surface area contributed by atoms with Crippen LogP contribution in [0.1, 0.15) is 16.7 Å². The summed E-state index contributed by atoms with van der Waals surface area (Å²) in [5, 5.41) is 7.25. The highest BCUT2D eigenvalue weighted by molar-refractivity contribution is 5.54. The highest BCUT2D eigenvalue weighted by atomic mass is 16.5. The van der Waals surface area contributed by atoms with E-state index >= 15 is 0 Å². The summed E-state index contributed by atoms with van der Waals surface area (Å²) in [6.45, 7) is 6.17. The van der Waals surface area contributed by atoms with Crippen LogP contribution in [0.15, 0.2) is 28.0 Å². The zero-order chi connectivity index (χ0) is 16.3. The van der Waals surface area contributed by atoms with Crippen LogP contribution in [0.3, 0.4) is 0 Å². The number of aryl methyl sites for hydroxylation is 3. The highest BCUT2D eigenvalue weighted by Gasteiger charge is 2.06. The molecule has 1 heterocycles. The molecule has 0 unspecified atom stereocenters. The Labute approximate surface area is 128 Å². The first-order chi connectivity index (χ1) is 10.5. The summed E-state index contributed by atoms with van der Waals surface area (Å²) in [4.78, 5) is 19.3. The van der Waals surface area contributed by atoms with Crippen LogP contribution >= 0.6 is 0 Å². The van der Waals surface area contributed by atoms with Crippen molar-refractivity contribution in [3.63, 3.8) is 0 Å². The fourth-order valence-corrected chi connectivity index (χ4v) is 2.44. The van der Waals surface area contributed by atoms with Gasteiger partial charge in [0.1, 0.15) is 5.49 Å². The number of methoxy groups -OCH3 is 1. The first-order valence-electron chi connectivity index (χ1n) is 6.96. The fraction of sp³-hybridized carbons (Fsp3) is 0.312. The molecule has 2 aromatic rings. The summed E-state index contributed by atoms with van der Waals surface area (Å²) in [5.74, 6) is 0.340. The van der Waals surface area contributed by atoms with Crippen molar-refractivity contribution >= 4 is 11.9 Å². The molecule has 22 heavy (non-hydrogen) atoms. The molecule has 0 radical (unpaired) electrons. The lowest BCUT2D eigenvalue weighted by atomic mass is 10.1. The number of hydrogen-bond acceptors (Lipinski definition) is 4. The Balaban J connectivity index is 2.77. The molecule has 6 heteroatoms. The van der Waals surface area contributed by atoms with Crippen LogP contribution < -0.4 is 15.9 Å². The smallest absolute Gasteiger partial charge is 0.330 e. The van der Waals surface area contributed by atoms with E-state index in [4.69, 9.17) is 10.1 Å². The molecule has 1 aromatic heterocycles. The Morgan fingerprint density at radius 2 is 1.91 bits per heavy atom. The van der Waals surface area contributed by atoms with Gasteiger partial charge in [0.15, 0.2) is 5.88 Å². The van der Waals surface area contributed by atoms with Crippen LogP contribution in [-0.4, -0.2) is 22.9 Å². The van der Waals surface area contributed by atoms with Gasteiger partial charge < -0.3 is 10.1 Å². The molecule has 0 spiro atoms. The van der Waals surface area contributed by atoms with E-state index in [1.165, 1.54) is 17.2 Å². The minimum Gasteiger partial charge on any atom is -0.482 e. The van der Waals surface area contributed by atoms with Crippen molar-refractivity contribution in [2.45, 2.75) is 27.3 Å². The SMILES string of the molecule is COc1c/c(=N\c2c(C)cc(C)cc2C)n(CC=N)c(=O)[nH]1. The minimum absolute atomic E-state index is 0.155. The van der Waals surface area contributed by atoms with Gasteiger partial charge in [-0.25, -0.2) is 9.79 Å². The molecule has 2 rings (SSSR count). The Morgan fingerprint density at radius 3 is 2.45 bits per heavy atom. The second-order valence-electron chi connectivity index (χ2n) is 5.17. The summed E-state index contributed by atoms with van der Waals surface area (Å²) in [7, 11) is 1.48. The summed E-state index contributed by atoms with van der Waals surface area (Å²) in [6.07, 6.45) is 1.16. The van der Waals surface area contributed by atoms with Crippen molar-refractivity contribution in [3.05, 3.63) is 50.9 Å². The van der Waals surface area contributed by atoms with E-state index in [-0.39, 0.29) is 12.2 Å². The van der Waals surface area contributed by atoms with Crippen molar-refractivity contribution < 1.29 is 4.74 Å². The molecule has 0 fully saturated rings. The van der Waals surface area contributed by atoms with Crippen LogP contribution in [0.2, 0.25) is 0 Å². The maximum Gasteiger partial charge on any atom is 0.330 e. The standard InChI is InChI=1S/C16H20N4O2/c1-10-7-11(2)15(12(3)8-10)18-13-9-14(22-4)19-16(21)20(13)6-5-17/h5,7-9,17H,6H2,1-4H3,(H,19,21)/b17-5?,18-13+. The molecule has 0 atom stereocenters. The summed E-state index contributed by atoms with van der Waals surface area (Å²) in [5.41, 5.74) is 4.18. The topological polar surface area (TPSA) is 83.2 Å². The van der Waals surface area contributed by atoms with Crippen molar-refractivity contribution in [1.82, 2.24) is 9.55 Å². The third-order valence-corrected chi connectivity index (χ3v) is 3.37. The number of aromatic nitrogens is 2. The number of nitrogens with one attached hydrogen (secondary N) is 2. The number of H-pyrrole nitrogens is 1. The van der Waals surface area contributed by atoms with E-state index in [1.54, 1.807) is 6.07 Å². The first-order valence-corrected chi connectivity index (χ1v) is 6.96. The third kappa shape index (κ3) is 3.16. The predicted octanol–water partition coefficient (Wildman–Crippen LogP) is 1.99. The highest BCUT2D eigenvalue weighted by Crippen LogP contribution is 2.24. The number of hydrogen-bond donors (Lipinski definition) is 2. The molecule has 2 N–H and O–H groups in total. The monoisotopic (exact) mass is 300 g/mol. The lowest BCUT2D eigenvalue weighted by Crippen LogP contribution is -2.35. The lowest BCUT2D eigenvalue weighted by Gasteiger charge is -2.09. The van der Waals surface area contributed by atoms with Gasteiger partial charge >= 0.3 is 5.69 Å². The Kier molecular flexibility index (Phi) is 4.60. The van der Waals surface area contributed by atoms with Gasteiger partial charge in [-0.2, -0.15) is 0 Å². The van der Waals surface area contributed by atoms with Crippen LogP contribution in [-0.2, 0) is 6.54 Å². The zero-order valence-corrected chi connectivity index (χ0v) is 13.2. The largest absolute Gasteiger partial charge is 0.482 e. The molecule has 1 aromatic carbocycles. The first kappa shape index (κ1) is 15.8. The molecular formula is C16H20N4O2. The van der Waals surface area contributed by atoms with E-state index in [0.29, 0.717) is 11.4 Å². The maximum absolute atomic E-state index is 12.1. The predicted molar refractivity (Wildman–Crippen MR) is 86.3 cm³/mol. The molecule has 116 valence electrons. The molecule has 0 bridgehead atoms. The number of benzene rings is 1. The number of ether oxygens (including phenoxy) is 1. The van der Waals surface area contributed by atoms with Gasteiger partial charge in [-0.15, -0.1) is 0 Å². The average molecular weight is 300 g/mol. The molecule has 0 aliphatic heterocycles. The van der Waals surface area contributed by atoms with Crippen LogP contribution in [0.4, 0.5) is 5.69 Å². The summed E-state index contributed by atoms with van der Waals surface area (Å²) in [6, 6.07) is 5.76. The number of aromatic amines is 1. The van der Waals surface area contributed by atoms with E-state index in [0.717, 1.165) is 23.0 Å². The summed E-state index contributed by atoms with van der Waals surface area (Å²) >= 11 is 0. The van der Waals surface area contributed by atoms with Gasteiger partial charge in [0, 0.05) is 12.3 Å². The zero-order valence-electron chi connectivity index (χ0n) is 13.2. The van der Waals surface area contributed by atoms with Crippen LogP contribution in [0, 0.1) is 26.2 Å². The fourth-order valence-electron chi connectivity index (χ4n) is 2.44. The lowest BCUT2D eigenvalue weighted by molar-refractivity contribution is 0.391. The van der Waals surface area contributed by atoms with E-state index in [9.17, 15) is 4.79 Å². The quantitative estimate of drug-likeness (QED) is 0.846. The van der Waals surface area contributed by atoms with Gasteiger partial charge in [-0.1, -0.05) is 17.7 Å². The van der Waals surface area contributed by atoms with Gasteiger partial charge in [0.05, 0.1) is 19.3 Å². The maximum atomic E-state index is 12.1. The van der Waals surface area contributed by atoms with Gasteiger partial charge in [0.2, 0.25) is 0 Å². The van der Waals surface area contributed by atoms with Crippen molar-refractivity contribution in [2.75, 3.05) is 7.11 Å². The minimum atomic E-state index is -0.357. The molecule has 6 nitrogen and oxygen atoms in total. The van der Waals surface area contributed by atoms with Crippen LogP contribution in [0.5, 0.6) is 5.88 Å². The Bertz CT molecular complexity index is 808. The number of nitrogens with zero attached hydrogens (tertiary/aromatic N) is 2. The van der Waals surface area contributed by atoms with Crippen LogP contribution in [0.25, 0.3) is 0 Å². The van der Waals surface area contributed by atoms with E-state index in [1.807, 2.05) is 20.8 Å². The van der Waals surface area contributed by atoms with E-state index in [2.05, 4.69) is 22.1 Å². The Morgan fingerprint density at radius 1 is 1.27 bits per heavy atom. The van der Waals surface area contributed by atoms with Gasteiger partial charge in [-0.05, 0) is 31.9 Å². The van der Waals surface area contributed by atoms with Gasteiger partial charge in [0.25, 0.3) is 0 Å². The second-order valence-corrected chi connectivity index (χ2v) is 5.17. The van der Waals surface area contributed by atoms with Crippen molar-refractivity contribution in [2.24, 2.45) is 4.99 Å². The third-order valence-electron chi connectivity index (χ3n) is 3.37. The molecule has 0 aliphatic rings. The molecule has 0 aliphatic carbocycles. The molecule has 0 amide bonds. The number of rotatable bonds is 4. The van der Waals surface area contributed by atoms with Crippen molar-refractivity contribution in [3.8, 4) is 5.88 Å².